The van der Waals surface area contributed by atoms with Crippen LogP contribution in [0.15, 0.2) is 47.3 Å². The summed E-state index contributed by atoms with van der Waals surface area (Å²) in [5.74, 6) is 0.966. The topological polar surface area (TPSA) is 90.3 Å². The van der Waals surface area contributed by atoms with Crippen LogP contribution in [0.2, 0.25) is 0 Å². The third-order valence-electron chi connectivity index (χ3n) is 5.50. The summed E-state index contributed by atoms with van der Waals surface area (Å²) < 4.78 is 6.64. The average Bonchev–Trinajstić information content (AvgIpc) is 2.73. The van der Waals surface area contributed by atoms with E-state index in [4.69, 9.17) is 4.74 Å². The first-order chi connectivity index (χ1) is 14.5. The lowest BCUT2D eigenvalue weighted by Crippen LogP contribution is -2.36. The van der Waals surface area contributed by atoms with E-state index in [2.05, 4.69) is 10.3 Å². The molecule has 3 aromatic rings. The fourth-order valence-corrected chi connectivity index (χ4v) is 3.94. The second-order valence-corrected chi connectivity index (χ2v) is 7.47. The molecule has 1 atom stereocenters. The third kappa shape index (κ3) is 3.70. The number of hydrogen-bond donors (Lipinski definition) is 1. The number of anilines is 1. The molecule has 0 bridgehead atoms. The molecule has 7 nitrogen and oxygen atoms in total. The summed E-state index contributed by atoms with van der Waals surface area (Å²) in [6.45, 7) is 2.25. The Morgan fingerprint density at radius 3 is 2.60 bits per heavy atom. The van der Waals surface area contributed by atoms with Gasteiger partial charge in [0.25, 0.3) is 5.56 Å². The molecular weight excluding hydrogens is 382 g/mol. The minimum atomic E-state index is -0.637. The Morgan fingerprint density at radius 2 is 1.90 bits per heavy atom. The van der Waals surface area contributed by atoms with E-state index < -0.39 is 6.04 Å². The summed E-state index contributed by atoms with van der Waals surface area (Å²) in [4.78, 5) is 42.1. The standard InChI is InChI=1S/C23H23N3O4/c1-14-25-19-5-3-4-18(24-13-15-6-9-17(30-2)10-7-15)22(19)23(29)26(14)20-11-8-16(27)12-21(20)28/h3-7,9-10,20,24H,8,11-13H2,1-2H3. The number of carbonyl (C=O) groups excluding carboxylic acids is 2. The molecule has 1 aliphatic rings. The lowest BCUT2D eigenvalue weighted by Gasteiger charge is -2.24. The van der Waals surface area contributed by atoms with Crippen molar-refractivity contribution >= 4 is 28.2 Å². The van der Waals surface area contributed by atoms with Crippen molar-refractivity contribution in [2.24, 2.45) is 0 Å². The van der Waals surface area contributed by atoms with Crippen LogP contribution in [0, 0.1) is 6.92 Å². The number of carbonyl (C=O) groups is 2. The molecule has 4 rings (SSSR count). The number of methoxy groups -OCH3 is 1. The van der Waals surface area contributed by atoms with Crippen molar-refractivity contribution in [2.75, 3.05) is 12.4 Å². The van der Waals surface area contributed by atoms with Crippen LogP contribution in [0.4, 0.5) is 5.69 Å². The fourth-order valence-electron chi connectivity index (χ4n) is 3.94. The number of benzene rings is 2. The zero-order valence-corrected chi connectivity index (χ0v) is 17.0. The van der Waals surface area contributed by atoms with Gasteiger partial charge in [0, 0.05) is 18.7 Å². The molecular formula is C23H23N3O4. The molecule has 1 N–H and O–H groups in total. The zero-order valence-electron chi connectivity index (χ0n) is 17.0. The maximum Gasteiger partial charge on any atom is 0.264 e. The number of hydrogen-bond acceptors (Lipinski definition) is 6. The zero-order chi connectivity index (χ0) is 21.3. The Morgan fingerprint density at radius 1 is 1.13 bits per heavy atom. The molecule has 1 fully saturated rings. The van der Waals surface area contributed by atoms with Gasteiger partial charge < -0.3 is 10.1 Å². The van der Waals surface area contributed by atoms with Crippen molar-refractivity contribution in [3.8, 4) is 5.75 Å². The minimum Gasteiger partial charge on any atom is -0.497 e. The van der Waals surface area contributed by atoms with Gasteiger partial charge in [0.2, 0.25) is 0 Å². The van der Waals surface area contributed by atoms with Gasteiger partial charge in [-0.05, 0) is 43.2 Å². The summed E-state index contributed by atoms with van der Waals surface area (Å²) in [6.07, 6.45) is 0.524. The molecule has 0 amide bonds. The van der Waals surface area contributed by atoms with Gasteiger partial charge >= 0.3 is 0 Å². The lowest BCUT2D eigenvalue weighted by atomic mass is 9.92. The van der Waals surface area contributed by atoms with Crippen molar-refractivity contribution in [3.63, 3.8) is 0 Å². The van der Waals surface area contributed by atoms with Gasteiger partial charge in [-0.3, -0.25) is 19.0 Å². The second kappa shape index (κ2) is 8.10. The molecule has 2 aromatic carbocycles. The second-order valence-electron chi connectivity index (χ2n) is 7.47. The van der Waals surface area contributed by atoms with Crippen LogP contribution in [0.1, 0.15) is 36.7 Å². The van der Waals surface area contributed by atoms with Crippen LogP contribution in [-0.2, 0) is 16.1 Å². The first kappa shape index (κ1) is 19.8. The molecule has 1 aliphatic carbocycles. The maximum absolute atomic E-state index is 13.4. The molecule has 1 heterocycles. The highest BCUT2D eigenvalue weighted by molar-refractivity contribution is 6.03. The number of nitrogens with one attached hydrogen (secondary N) is 1. The molecule has 154 valence electrons. The summed E-state index contributed by atoms with van der Waals surface area (Å²) in [6, 6.07) is 12.5. The van der Waals surface area contributed by atoms with E-state index in [1.165, 1.54) is 4.57 Å². The van der Waals surface area contributed by atoms with Gasteiger partial charge in [0.1, 0.15) is 17.4 Å². The summed E-state index contributed by atoms with van der Waals surface area (Å²) in [7, 11) is 1.62. The smallest absolute Gasteiger partial charge is 0.264 e. The predicted molar refractivity (Wildman–Crippen MR) is 114 cm³/mol. The number of nitrogens with zero attached hydrogens (tertiary/aromatic N) is 2. The van der Waals surface area contributed by atoms with Crippen LogP contribution in [0.25, 0.3) is 10.9 Å². The Kier molecular flexibility index (Phi) is 5.35. The highest BCUT2D eigenvalue weighted by Gasteiger charge is 2.30. The molecule has 1 saturated carbocycles. The van der Waals surface area contributed by atoms with Crippen molar-refractivity contribution in [3.05, 3.63) is 64.2 Å². The highest BCUT2D eigenvalue weighted by Crippen LogP contribution is 2.26. The average molecular weight is 405 g/mol. The van der Waals surface area contributed by atoms with Crippen LogP contribution in [0.5, 0.6) is 5.75 Å². The van der Waals surface area contributed by atoms with Crippen LogP contribution in [-0.4, -0.2) is 28.2 Å². The monoisotopic (exact) mass is 405 g/mol. The number of rotatable bonds is 5. The normalized spacial score (nSPS) is 16.7. The number of ether oxygens (including phenoxy) is 1. The molecule has 1 unspecified atom stereocenters. The first-order valence-corrected chi connectivity index (χ1v) is 9.91. The van der Waals surface area contributed by atoms with E-state index in [9.17, 15) is 14.4 Å². The molecule has 1 aromatic heterocycles. The highest BCUT2D eigenvalue weighted by atomic mass is 16.5. The van der Waals surface area contributed by atoms with Crippen molar-refractivity contribution in [2.45, 2.75) is 38.8 Å². The number of ketones is 2. The van der Waals surface area contributed by atoms with Gasteiger partial charge in [-0.15, -0.1) is 0 Å². The minimum absolute atomic E-state index is 0.0717. The molecule has 7 heteroatoms. The lowest BCUT2D eigenvalue weighted by molar-refractivity contribution is -0.132. The number of fused-ring (bicyclic) bond motifs is 1. The molecule has 0 saturated heterocycles. The Hall–Kier alpha value is -3.48. The van der Waals surface area contributed by atoms with Crippen molar-refractivity contribution in [1.82, 2.24) is 9.55 Å². The summed E-state index contributed by atoms with van der Waals surface area (Å²) in [5, 5.41) is 3.76. The van der Waals surface area contributed by atoms with E-state index in [-0.39, 0.29) is 23.5 Å². The number of aryl methyl sites for hydroxylation is 1. The molecule has 0 spiro atoms. The first-order valence-electron chi connectivity index (χ1n) is 9.91. The number of aromatic nitrogens is 2. The Balaban J connectivity index is 1.71. The number of Topliss-reactive ketones (excluding diaryl/α,β-unsaturated/α-hetero) is 2. The van der Waals surface area contributed by atoms with E-state index in [0.717, 1.165) is 11.3 Å². The Labute approximate surface area is 173 Å². The van der Waals surface area contributed by atoms with Gasteiger partial charge in [-0.1, -0.05) is 18.2 Å². The van der Waals surface area contributed by atoms with E-state index in [1.54, 1.807) is 20.1 Å². The Bertz CT molecular complexity index is 1180. The molecule has 30 heavy (non-hydrogen) atoms. The van der Waals surface area contributed by atoms with Crippen molar-refractivity contribution in [1.29, 1.82) is 0 Å². The van der Waals surface area contributed by atoms with Crippen LogP contribution in [0.3, 0.4) is 0 Å². The van der Waals surface area contributed by atoms with Crippen molar-refractivity contribution < 1.29 is 14.3 Å². The van der Waals surface area contributed by atoms with E-state index in [1.807, 2.05) is 36.4 Å². The fraction of sp³-hybridized carbons (Fsp3) is 0.304. The summed E-state index contributed by atoms with van der Waals surface area (Å²) in [5.41, 5.74) is 2.01. The van der Waals surface area contributed by atoms with E-state index in [0.29, 0.717) is 41.8 Å². The molecule has 0 aliphatic heterocycles. The largest absolute Gasteiger partial charge is 0.497 e. The van der Waals surface area contributed by atoms with Gasteiger partial charge in [0.15, 0.2) is 5.78 Å². The SMILES string of the molecule is COc1ccc(CNc2cccc3nc(C)n(C4CCC(=O)CC4=O)c(=O)c23)cc1. The van der Waals surface area contributed by atoms with Gasteiger partial charge in [-0.25, -0.2) is 4.98 Å². The van der Waals surface area contributed by atoms with E-state index >= 15 is 0 Å². The maximum atomic E-state index is 13.4. The third-order valence-corrected chi connectivity index (χ3v) is 5.50. The molecule has 0 radical (unpaired) electrons. The quantitative estimate of drug-likeness (QED) is 0.656. The predicted octanol–water partition coefficient (Wildman–Crippen LogP) is 3.19. The van der Waals surface area contributed by atoms with Crippen LogP contribution >= 0.6 is 0 Å². The van der Waals surface area contributed by atoms with Crippen LogP contribution < -0.4 is 15.6 Å². The summed E-state index contributed by atoms with van der Waals surface area (Å²) >= 11 is 0. The van der Waals surface area contributed by atoms with Gasteiger partial charge in [-0.2, -0.15) is 0 Å². The van der Waals surface area contributed by atoms with Gasteiger partial charge in [0.05, 0.1) is 30.5 Å².